The van der Waals surface area contributed by atoms with E-state index in [1.807, 2.05) is 42.6 Å². The van der Waals surface area contributed by atoms with Gasteiger partial charge in [0.05, 0.1) is 4.88 Å². The summed E-state index contributed by atoms with van der Waals surface area (Å²) in [5, 5.41) is 1.96. The molecule has 0 spiro atoms. The van der Waals surface area contributed by atoms with Gasteiger partial charge < -0.3 is 5.73 Å². The summed E-state index contributed by atoms with van der Waals surface area (Å²) in [7, 11) is 0. The lowest BCUT2D eigenvalue weighted by atomic mass is 10.1. The van der Waals surface area contributed by atoms with Crippen LogP contribution in [-0.2, 0) is 6.42 Å². The topological polar surface area (TPSA) is 43.1 Å². The third-order valence-corrected chi connectivity index (χ3v) is 3.79. The Balaban J connectivity index is 1.97. The molecule has 1 aromatic carbocycles. The van der Waals surface area contributed by atoms with Crippen molar-refractivity contribution >= 4 is 22.8 Å². The third-order valence-electron chi connectivity index (χ3n) is 2.74. The van der Waals surface area contributed by atoms with Crippen molar-refractivity contribution in [1.82, 2.24) is 0 Å². The van der Waals surface area contributed by atoms with Crippen molar-refractivity contribution in [2.45, 2.75) is 19.8 Å². The van der Waals surface area contributed by atoms with Gasteiger partial charge in [-0.3, -0.25) is 4.79 Å². The number of anilines is 1. The molecule has 0 radical (unpaired) electrons. The number of Topliss-reactive ketones (excluding diaryl/α,β-unsaturated/α-hetero) is 1. The van der Waals surface area contributed by atoms with Crippen LogP contribution in [0.3, 0.4) is 0 Å². The van der Waals surface area contributed by atoms with Gasteiger partial charge >= 0.3 is 0 Å². The zero-order valence-electron chi connectivity index (χ0n) is 9.77. The van der Waals surface area contributed by atoms with Crippen molar-refractivity contribution in [2.75, 3.05) is 5.73 Å². The van der Waals surface area contributed by atoms with E-state index >= 15 is 0 Å². The van der Waals surface area contributed by atoms with Crippen molar-refractivity contribution in [3.63, 3.8) is 0 Å². The molecule has 0 aliphatic carbocycles. The summed E-state index contributed by atoms with van der Waals surface area (Å²) in [5.74, 6) is 0.231. The van der Waals surface area contributed by atoms with Crippen LogP contribution in [0, 0.1) is 6.92 Å². The average Bonchev–Trinajstić information content (AvgIpc) is 2.74. The van der Waals surface area contributed by atoms with Crippen LogP contribution in [0.2, 0.25) is 0 Å². The lowest BCUT2D eigenvalue weighted by molar-refractivity contribution is 0.0986. The van der Waals surface area contributed by atoms with Crippen molar-refractivity contribution in [3.05, 3.63) is 51.7 Å². The molecule has 0 unspecified atom stereocenters. The number of hydrogen-bond donors (Lipinski definition) is 1. The average molecular weight is 245 g/mol. The quantitative estimate of drug-likeness (QED) is 0.662. The van der Waals surface area contributed by atoms with Gasteiger partial charge in [0, 0.05) is 12.1 Å². The maximum Gasteiger partial charge on any atom is 0.173 e. The lowest BCUT2D eigenvalue weighted by Crippen LogP contribution is -2.00. The Kier molecular flexibility index (Phi) is 3.59. The Morgan fingerprint density at radius 1 is 1.24 bits per heavy atom. The molecule has 88 valence electrons. The van der Waals surface area contributed by atoms with E-state index < -0.39 is 0 Å². The molecule has 0 fully saturated rings. The predicted octanol–water partition coefficient (Wildman–Crippen LogP) is 3.45. The molecule has 3 heteroatoms. The van der Waals surface area contributed by atoms with E-state index in [1.54, 1.807) is 0 Å². The number of aryl methyl sites for hydroxylation is 2. The standard InChI is InChI=1S/C14H15NOS/c1-10-8-9-17-14(10)13(16)7-4-11-2-5-12(15)6-3-11/h2-3,5-6,8-9H,4,7,15H2,1H3. The highest BCUT2D eigenvalue weighted by atomic mass is 32.1. The minimum Gasteiger partial charge on any atom is -0.399 e. The highest BCUT2D eigenvalue weighted by molar-refractivity contribution is 7.12. The van der Waals surface area contributed by atoms with E-state index in [2.05, 4.69) is 0 Å². The van der Waals surface area contributed by atoms with Gasteiger partial charge in [-0.05, 0) is 48.1 Å². The monoisotopic (exact) mass is 245 g/mol. The van der Waals surface area contributed by atoms with Crippen molar-refractivity contribution < 1.29 is 4.79 Å². The van der Waals surface area contributed by atoms with Crippen molar-refractivity contribution in [1.29, 1.82) is 0 Å². The summed E-state index contributed by atoms with van der Waals surface area (Å²) in [4.78, 5) is 12.8. The number of hydrogen-bond acceptors (Lipinski definition) is 3. The molecule has 0 aliphatic rings. The first-order chi connectivity index (χ1) is 8.16. The zero-order valence-corrected chi connectivity index (χ0v) is 10.6. The van der Waals surface area contributed by atoms with E-state index in [1.165, 1.54) is 11.3 Å². The minimum atomic E-state index is 0.231. The molecule has 0 saturated heterocycles. The summed E-state index contributed by atoms with van der Waals surface area (Å²) < 4.78 is 0. The maximum atomic E-state index is 12.0. The molecule has 2 nitrogen and oxygen atoms in total. The second kappa shape index (κ2) is 5.15. The lowest BCUT2D eigenvalue weighted by Gasteiger charge is -2.01. The van der Waals surface area contributed by atoms with Crippen LogP contribution < -0.4 is 5.73 Å². The molecule has 2 rings (SSSR count). The van der Waals surface area contributed by atoms with Gasteiger partial charge in [0.2, 0.25) is 0 Å². The van der Waals surface area contributed by atoms with Crippen LogP contribution in [0.5, 0.6) is 0 Å². The summed E-state index contributed by atoms with van der Waals surface area (Å²) in [6, 6.07) is 9.68. The first kappa shape index (κ1) is 11.9. The van der Waals surface area contributed by atoms with E-state index in [0.29, 0.717) is 6.42 Å². The number of nitrogen functional groups attached to an aromatic ring is 1. The molecule has 0 atom stereocenters. The number of ketones is 1. The van der Waals surface area contributed by atoms with Gasteiger partial charge in [0.1, 0.15) is 0 Å². The van der Waals surface area contributed by atoms with Crippen LogP contribution in [0.25, 0.3) is 0 Å². The third kappa shape index (κ3) is 2.94. The van der Waals surface area contributed by atoms with Gasteiger partial charge in [0.25, 0.3) is 0 Å². The molecule has 0 bridgehead atoms. The summed E-state index contributed by atoms with van der Waals surface area (Å²) in [6.45, 7) is 1.98. The van der Waals surface area contributed by atoms with Crippen molar-refractivity contribution in [3.8, 4) is 0 Å². The Morgan fingerprint density at radius 2 is 1.94 bits per heavy atom. The Labute approximate surface area is 105 Å². The molecule has 2 aromatic rings. The van der Waals surface area contributed by atoms with Gasteiger partial charge in [0.15, 0.2) is 5.78 Å². The fraction of sp³-hybridized carbons (Fsp3) is 0.214. The van der Waals surface area contributed by atoms with E-state index in [4.69, 9.17) is 5.73 Å². The molecule has 0 aliphatic heterocycles. The number of nitrogens with two attached hydrogens (primary N) is 1. The van der Waals surface area contributed by atoms with Crippen LogP contribution >= 0.6 is 11.3 Å². The molecule has 1 heterocycles. The van der Waals surface area contributed by atoms with Crippen LogP contribution in [-0.4, -0.2) is 5.78 Å². The molecule has 17 heavy (non-hydrogen) atoms. The number of rotatable bonds is 4. The van der Waals surface area contributed by atoms with E-state index in [9.17, 15) is 4.79 Å². The molecule has 1 aromatic heterocycles. The van der Waals surface area contributed by atoms with E-state index in [-0.39, 0.29) is 5.78 Å². The first-order valence-electron chi connectivity index (χ1n) is 5.58. The Morgan fingerprint density at radius 3 is 2.53 bits per heavy atom. The SMILES string of the molecule is Cc1ccsc1C(=O)CCc1ccc(N)cc1. The molecule has 2 N–H and O–H groups in total. The number of carbonyl (C=O) groups excluding carboxylic acids is 1. The predicted molar refractivity (Wildman–Crippen MR) is 72.6 cm³/mol. The van der Waals surface area contributed by atoms with Gasteiger partial charge in [-0.2, -0.15) is 0 Å². The van der Waals surface area contributed by atoms with Gasteiger partial charge in [-0.25, -0.2) is 0 Å². The number of benzene rings is 1. The molecule has 0 amide bonds. The highest BCUT2D eigenvalue weighted by Crippen LogP contribution is 2.18. The van der Waals surface area contributed by atoms with Crippen molar-refractivity contribution in [2.24, 2.45) is 0 Å². The second-order valence-corrected chi connectivity index (χ2v) is 5.01. The van der Waals surface area contributed by atoms with Crippen LogP contribution in [0.1, 0.15) is 27.2 Å². The molecular weight excluding hydrogens is 230 g/mol. The summed E-state index contributed by atoms with van der Waals surface area (Å²) in [5.41, 5.74) is 8.61. The Bertz CT molecular complexity index is 513. The van der Waals surface area contributed by atoms with Gasteiger partial charge in [-0.15, -0.1) is 11.3 Å². The fourth-order valence-corrected chi connectivity index (χ4v) is 2.61. The summed E-state index contributed by atoms with van der Waals surface area (Å²) >= 11 is 1.53. The molecular formula is C14H15NOS. The molecule has 0 saturated carbocycles. The van der Waals surface area contributed by atoms with Crippen LogP contribution in [0.4, 0.5) is 5.69 Å². The second-order valence-electron chi connectivity index (χ2n) is 4.10. The number of thiophene rings is 1. The zero-order chi connectivity index (χ0) is 12.3. The highest BCUT2D eigenvalue weighted by Gasteiger charge is 2.10. The normalized spacial score (nSPS) is 10.4. The minimum absolute atomic E-state index is 0.231. The maximum absolute atomic E-state index is 12.0. The fourth-order valence-electron chi connectivity index (χ4n) is 1.71. The van der Waals surface area contributed by atoms with E-state index in [0.717, 1.165) is 28.1 Å². The Hall–Kier alpha value is -1.61. The van der Waals surface area contributed by atoms with Gasteiger partial charge in [-0.1, -0.05) is 12.1 Å². The van der Waals surface area contributed by atoms with Crippen LogP contribution in [0.15, 0.2) is 35.7 Å². The largest absolute Gasteiger partial charge is 0.399 e. The first-order valence-corrected chi connectivity index (χ1v) is 6.46. The number of carbonyl (C=O) groups is 1. The smallest absolute Gasteiger partial charge is 0.173 e. The summed E-state index contributed by atoms with van der Waals surface area (Å²) in [6.07, 6.45) is 1.34.